The minimum atomic E-state index is -1.36. The molecule has 0 saturated carbocycles. The molecular formula is C26H29NO2. The monoisotopic (exact) mass is 387 g/mol. The molecule has 0 aromatic heterocycles. The smallest absolute Gasteiger partial charge is 0.223 e. The van der Waals surface area contributed by atoms with E-state index in [1.165, 1.54) is 0 Å². The Bertz CT molecular complexity index is 868. The number of carbonyl (C=O) groups is 1. The van der Waals surface area contributed by atoms with Crippen LogP contribution in [-0.2, 0) is 10.4 Å². The van der Waals surface area contributed by atoms with Gasteiger partial charge in [-0.3, -0.25) is 4.79 Å². The highest BCUT2D eigenvalue weighted by Gasteiger charge is 2.45. The van der Waals surface area contributed by atoms with E-state index in [1.807, 2.05) is 112 Å². The van der Waals surface area contributed by atoms with Crippen LogP contribution >= 0.6 is 0 Å². The number of nitrogens with one attached hydrogen (secondary N) is 1. The number of hydrogen-bond acceptors (Lipinski definition) is 2. The van der Waals surface area contributed by atoms with Crippen LogP contribution in [0.25, 0.3) is 0 Å². The zero-order chi connectivity index (χ0) is 20.9. The van der Waals surface area contributed by atoms with E-state index in [2.05, 4.69) is 5.32 Å². The van der Waals surface area contributed by atoms with E-state index >= 15 is 0 Å². The molecule has 0 aliphatic heterocycles. The van der Waals surface area contributed by atoms with E-state index in [0.717, 1.165) is 16.7 Å². The molecule has 3 heteroatoms. The zero-order valence-corrected chi connectivity index (χ0v) is 17.2. The highest BCUT2D eigenvalue weighted by atomic mass is 16.3. The Morgan fingerprint density at radius 1 is 0.759 bits per heavy atom. The molecular weight excluding hydrogens is 358 g/mol. The Kier molecular flexibility index (Phi) is 6.50. The van der Waals surface area contributed by atoms with E-state index in [4.69, 9.17) is 0 Å². The van der Waals surface area contributed by atoms with Crippen molar-refractivity contribution >= 4 is 5.91 Å². The number of amides is 1. The first-order valence-electron chi connectivity index (χ1n) is 10.1. The van der Waals surface area contributed by atoms with Crippen molar-refractivity contribution in [2.75, 3.05) is 0 Å². The summed E-state index contributed by atoms with van der Waals surface area (Å²) >= 11 is 0. The van der Waals surface area contributed by atoms with Crippen molar-refractivity contribution in [2.24, 2.45) is 5.92 Å². The van der Waals surface area contributed by atoms with Gasteiger partial charge in [0.25, 0.3) is 0 Å². The molecule has 2 atom stereocenters. The Balaban J connectivity index is 2.22. The van der Waals surface area contributed by atoms with Crippen molar-refractivity contribution < 1.29 is 9.90 Å². The van der Waals surface area contributed by atoms with Crippen LogP contribution in [0.1, 0.15) is 43.4 Å². The van der Waals surface area contributed by atoms with Crippen molar-refractivity contribution in [1.29, 1.82) is 0 Å². The van der Waals surface area contributed by atoms with Crippen molar-refractivity contribution in [2.45, 2.75) is 38.3 Å². The predicted molar refractivity (Wildman–Crippen MR) is 118 cm³/mol. The molecule has 3 rings (SSSR count). The second-order valence-corrected chi connectivity index (χ2v) is 7.84. The largest absolute Gasteiger partial charge is 0.380 e. The maximum absolute atomic E-state index is 13.1. The van der Waals surface area contributed by atoms with Crippen molar-refractivity contribution in [3.63, 3.8) is 0 Å². The van der Waals surface area contributed by atoms with Crippen molar-refractivity contribution in [3.8, 4) is 0 Å². The van der Waals surface area contributed by atoms with E-state index < -0.39 is 17.4 Å². The molecule has 3 nitrogen and oxygen atoms in total. The van der Waals surface area contributed by atoms with Crippen LogP contribution in [0.3, 0.4) is 0 Å². The van der Waals surface area contributed by atoms with Gasteiger partial charge in [0, 0.05) is 17.9 Å². The standard InChI is InChI=1S/C26H29NO2/c1-19(2)27-25(28)20(3)24(21-13-7-4-8-14-21)26(29,22-15-9-5-10-16-22)23-17-11-6-12-18-23/h4-20,24,29H,1-3H3,(H,27,28). The van der Waals surface area contributed by atoms with Crippen molar-refractivity contribution in [3.05, 3.63) is 108 Å². The van der Waals surface area contributed by atoms with Gasteiger partial charge in [0.05, 0.1) is 0 Å². The molecule has 0 fully saturated rings. The lowest BCUT2D eigenvalue weighted by molar-refractivity contribution is -0.128. The topological polar surface area (TPSA) is 49.3 Å². The molecule has 1 amide bonds. The summed E-state index contributed by atoms with van der Waals surface area (Å²) in [6, 6.07) is 29.1. The summed E-state index contributed by atoms with van der Waals surface area (Å²) in [5, 5.41) is 15.4. The van der Waals surface area contributed by atoms with Crippen LogP contribution in [-0.4, -0.2) is 17.1 Å². The molecule has 0 aliphatic carbocycles. The Labute approximate surface area is 173 Å². The molecule has 29 heavy (non-hydrogen) atoms. The molecule has 3 aromatic carbocycles. The van der Waals surface area contributed by atoms with Gasteiger partial charge in [-0.15, -0.1) is 0 Å². The van der Waals surface area contributed by atoms with Crippen molar-refractivity contribution in [1.82, 2.24) is 5.32 Å². The fourth-order valence-electron chi connectivity index (χ4n) is 4.03. The minimum absolute atomic E-state index is 0.0305. The molecule has 0 saturated heterocycles. The molecule has 2 unspecified atom stereocenters. The number of benzene rings is 3. The summed E-state index contributed by atoms with van der Waals surface area (Å²) < 4.78 is 0. The van der Waals surface area contributed by atoms with Gasteiger partial charge in [0.15, 0.2) is 0 Å². The number of hydrogen-bond donors (Lipinski definition) is 2. The van der Waals surface area contributed by atoms with Crippen LogP contribution in [0, 0.1) is 5.92 Å². The summed E-state index contributed by atoms with van der Waals surface area (Å²) in [6.07, 6.45) is 0. The predicted octanol–water partition coefficient (Wildman–Crippen LogP) is 4.87. The first-order chi connectivity index (χ1) is 13.9. The van der Waals surface area contributed by atoms with E-state index in [1.54, 1.807) is 0 Å². The van der Waals surface area contributed by atoms with Gasteiger partial charge in [-0.2, -0.15) is 0 Å². The maximum Gasteiger partial charge on any atom is 0.223 e. The van der Waals surface area contributed by atoms with Gasteiger partial charge in [-0.05, 0) is 30.5 Å². The third kappa shape index (κ3) is 4.41. The highest BCUT2D eigenvalue weighted by Crippen LogP contribution is 2.46. The van der Waals surface area contributed by atoms with Gasteiger partial charge < -0.3 is 10.4 Å². The van der Waals surface area contributed by atoms with E-state index in [9.17, 15) is 9.90 Å². The molecule has 0 spiro atoms. The van der Waals surface area contributed by atoms with Crippen LogP contribution in [0.5, 0.6) is 0 Å². The maximum atomic E-state index is 13.1. The number of carbonyl (C=O) groups excluding carboxylic acids is 1. The summed E-state index contributed by atoms with van der Waals surface area (Å²) in [5.41, 5.74) is 1.10. The fraction of sp³-hybridized carbons (Fsp3) is 0.269. The summed E-state index contributed by atoms with van der Waals surface area (Å²) in [4.78, 5) is 13.1. The molecule has 3 aromatic rings. The normalized spacial score (nSPS) is 13.7. The third-order valence-corrected chi connectivity index (χ3v) is 5.38. The second kappa shape index (κ2) is 9.06. The van der Waals surface area contributed by atoms with E-state index in [0.29, 0.717) is 0 Å². The highest BCUT2D eigenvalue weighted by molar-refractivity contribution is 5.80. The Morgan fingerprint density at radius 3 is 1.59 bits per heavy atom. The fourth-order valence-corrected chi connectivity index (χ4v) is 4.03. The van der Waals surface area contributed by atoms with Crippen LogP contribution < -0.4 is 5.32 Å². The van der Waals surface area contributed by atoms with E-state index in [-0.39, 0.29) is 11.9 Å². The molecule has 0 bridgehead atoms. The van der Waals surface area contributed by atoms with Gasteiger partial charge in [0.2, 0.25) is 5.91 Å². The second-order valence-electron chi connectivity index (χ2n) is 7.84. The summed E-state index contributed by atoms with van der Waals surface area (Å²) in [6.45, 7) is 5.79. The first kappa shape index (κ1) is 20.8. The average molecular weight is 388 g/mol. The van der Waals surface area contributed by atoms with Crippen LogP contribution in [0.2, 0.25) is 0 Å². The molecule has 0 radical (unpaired) electrons. The minimum Gasteiger partial charge on any atom is -0.380 e. The zero-order valence-electron chi connectivity index (χ0n) is 17.2. The van der Waals surface area contributed by atoms with Gasteiger partial charge >= 0.3 is 0 Å². The summed E-state index contributed by atoms with van der Waals surface area (Å²) in [7, 11) is 0. The molecule has 0 aliphatic rings. The first-order valence-corrected chi connectivity index (χ1v) is 10.1. The third-order valence-electron chi connectivity index (χ3n) is 5.38. The Morgan fingerprint density at radius 2 is 1.17 bits per heavy atom. The van der Waals surface area contributed by atoms with Gasteiger partial charge in [-0.1, -0.05) is 97.9 Å². The number of rotatable bonds is 7. The SMILES string of the molecule is CC(C)NC(=O)C(C)C(c1ccccc1)C(O)(c1ccccc1)c1ccccc1. The van der Waals surface area contributed by atoms with Crippen LogP contribution in [0.4, 0.5) is 0 Å². The molecule has 2 N–H and O–H groups in total. The van der Waals surface area contributed by atoms with Crippen LogP contribution in [0.15, 0.2) is 91.0 Å². The lowest BCUT2D eigenvalue weighted by atomic mass is 9.67. The Hall–Kier alpha value is -2.91. The average Bonchev–Trinajstić information content (AvgIpc) is 2.75. The van der Waals surface area contributed by atoms with Gasteiger partial charge in [0.1, 0.15) is 5.60 Å². The summed E-state index contributed by atoms with van der Waals surface area (Å²) in [5.74, 6) is -0.989. The molecule has 150 valence electrons. The van der Waals surface area contributed by atoms with Gasteiger partial charge in [-0.25, -0.2) is 0 Å². The number of aliphatic hydroxyl groups is 1. The lowest BCUT2D eigenvalue weighted by Crippen LogP contribution is -2.45. The quantitative estimate of drug-likeness (QED) is 0.608. The molecule has 0 heterocycles. The lowest BCUT2D eigenvalue weighted by Gasteiger charge is -2.40.